The van der Waals surface area contributed by atoms with Crippen molar-refractivity contribution in [3.05, 3.63) is 70.4 Å². The Balaban J connectivity index is 1.32. The molecular formula is C28H34ClN3O3. The van der Waals surface area contributed by atoms with Crippen LogP contribution in [-0.2, 0) is 13.1 Å². The summed E-state index contributed by atoms with van der Waals surface area (Å²) < 4.78 is 2.22. The average Bonchev–Trinajstić information content (AvgIpc) is 3.22. The Bertz CT molecular complexity index is 1170. The van der Waals surface area contributed by atoms with Crippen molar-refractivity contribution in [1.29, 1.82) is 0 Å². The van der Waals surface area contributed by atoms with Crippen molar-refractivity contribution >= 4 is 28.5 Å². The molecule has 2 aliphatic heterocycles. The molecule has 0 bridgehead atoms. The van der Waals surface area contributed by atoms with Gasteiger partial charge in [-0.3, -0.25) is 9.80 Å². The van der Waals surface area contributed by atoms with Gasteiger partial charge in [0, 0.05) is 54.4 Å². The minimum atomic E-state index is -0.896. The Hall–Kier alpha value is -2.38. The number of aromatic nitrogens is 1. The molecule has 3 heterocycles. The minimum absolute atomic E-state index is 0.299. The van der Waals surface area contributed by atoms with Crippen LogP contribution in [0.4, 0.5) is 0 Å². The lowest BCUT2D eigenvalue weighted by Gasteiger charge is -2.42. The summed E-state index contributed by atoms with van der Waals surface area (Å²) in [5, 5.41) is 20.9. The molecule has 2 aliphatic rings. The Labute approximate surface area is 211 Å². The van der Waals surface area contributed by atoms with E-state index in [4.69, 9.17) is 11.6 Å². The molecule has 3 aromatic rings. The van der Waals surface area contributed by atoms with Crippen LogP contribution < -0.4 is 0 Å². The summed E-state index contributed by atoms with van der Waals surface area (Å²) in [6.07, 6.45) is 6.80. The first kappa shape index (κ1) is 24.3. The van der Waals surface area contributed by atoms with E-state index < -0.39 is 5.97 Å². The number of benzene rings is 2. The van der Waals surface area contributed by atoms with Gasteiger partial charge in [0.1, 0.15) is 0 Å². The molecule has 5 rings (SSSR count). The number of rotatable bonds is 7. The molecule has 0 spiro atoms. The van der Waals surface area contributed by atoms with Crippen LogP contribution in [0.5, 0.6) is 0 Å². The molecule has 186 valence electrons. The number of carboxylic acid groups (broad SMARTS) is 1. The number of aromatic carboxylic acids is 1. The van der Waals surface area contributed by atoms with Crippen molar-refractivity contribution in [2.45, 2.75) is 44.8 Å². The highest BCUT2D eigenvalue weighted by Crippen LogP contribution is 2.28. The van der Waals surface area contributed by atoms with Gasteiger partial charge in [-0.15, -0.1) is 0 Å². The molecule has 1 atom stereocenters. The smallest absolute Gasteiger partial charge is 0.335 e. The van der Waals surface area contributed by atoms with Gasteiger partial charge in [0.15, 0.2) is 0 Å². The molecule has 2 aromatic carbocycles. The van der Waals surface area contributed by atoms with Crippen LogP contribution >= 0.6 is 11.6 Å². The molecule has 0 amide bonds. The second kappa shape index (κ2) is 10.7. The van der Waals surface area contributed by atoms with Crippen molar-refractivity contribution < 1.29 is 15.0 Å². The SMILES string of the molecule is O=C(O)c1ccc2c(c1)c(CN1CCC(N3CCCC(CO)C3)CC1)cn2Cc1ccc(Cl)cc1. The number of hydrogen-bond acceptors (Lipinski definition) is 4. The van der Waals surface area contributed by atoms with Crippen LogP contribution in [0.15, 0.2) is 48.7 Å². The van der Waals surface area contributed by atoms with Gasteiger partial charge >= 0.3 is 5.97 Å². The molecule has 0 saturated carbocycles. The van der Waals surface area contributed by atoms with E-state index in [0.29, 0.717) is 30.7 Å². The largest absolute Gasteiger partial charge is 0.478 e. The van der Waals surface area contributed by atoms with Gasteiger partial charge in [0.25, 0.3) is 0 Å². The number of aliphatic hydroxyl groups is 1. The second-order valence-electron chi connectivity index (χ2n) is 10.1. The average molecular weight is 496 g/mol. The molecule has 35 heavy (non-hydrogen) atoms. The van der Waals surface area contributed by atoms with Crippen LogP contribution in [0, 0.1) is 5.92 Å². The first-order chi connectivity index (χ1) is 17.0. The van der Waals surface area contributed by atoms with Gasteiger partial charge in [-0.05, 0) is 92.7 Å². The minimum Gasteiger partial charge on any atom is -0.478 e. The fourth-order valence-corrected chi connectivity index (χ4v) is 5.93. The Kier molecular flexibility index (Phi) is 7.44. The van der Waals surface area contributed by atoms with Gasteiger partial charge < -0.3 is 14.8 Å². The zero-order chi connectivity index (χ0) is 24.4. The predicted octanol–water partition coefficient (Wildman–Crippen LogP) is 4.71. The number of carboxylic acids is 1. The Morgan fingerprint density at radius 2 is 1.77 bits per heavy atom. The number of fused-ring (bicyclic) bond motifs is 1. The molecule has 0 radical (unpaired) electrons. The predicted molar refractivity (Wildman–Crippen MR) is 139 cm³/mol. The maximum absolute atomic E-state index is 11.7. The standard InChI is InChI=1S/C28H34ClN3O3/c29-24-6-3-20(4-7-24)15-32-18-23(26-14-22(28(34)35)5-8-27(26)32)17-30-12-9-25(10-13-30)31-11-1-2-21(16-31)19-33/h3-8,14,18,21,25,33H,1-2,9-13,15-17,19H2,(H,34,35). The van der Waals surface area contributed by atoms with Crippen LogP contribution in [0.1, 0.15) is 47.2 Å². The third kappa shape index (κ3) is 5.56. The summed E-state index contributed by atoms with van der Waals surface area (Å²) in [7, 11) is 0. The third-order valence-corrected chi connectivity index (χ3v) is 8.00. The van der Waals surface area contributed by atoms with Crippen LogP contribution in [0.25, 0.3) is 10.9 Å². The summed E-state index contributed by atoms with van der Waals surface area (Å²) in [5.41, 5.74) is 3.71. The highest BCUT2D eigenvalue weighted by molar-refractivity contribution is 6.30. The summed E-state index contributed by atoms with van der Waals surface area (Å²) in [6.45, 7) is 6.07. The fourth-order valence-electron chi connectivity index (χ4n) is 5.81. The Morgan fingerprint density at radius 1 is 1.00 bits per heavy atom. The monoisotopic (exact) mass is 495 g/mol. The highest BCUT2D eigenvalue weighted by Gasteiger charge is 2.29. The summed E-state index contributed by atoms with van der Waals surface area (Å²) in [5.74, 6) is -0.469. The molecular weight excluding hydrogens is 462 g/mol. The van der Waals surface area contributed by atoms with E-state index in [1.807, 2.05) is 36.4 Å². The molecule has 2 N–H and O–H groups in total. The van der Waals surface area contributed by atoms with Gasteiger partial charge in [0.2, 0.25) is 0 Å². The topological polar surface area (TPSA) is 68.9 Å². The first-order valence-corrected chi connectivity index (χ1v) is 13.0. The lowest BCUT2D eigenvalue weighted by molar-refractivity contribution is 0.0527. The van der Waals surface area contributed by atoms with E-state index in [2.05, 4.69) is 20.6 Å². The van der Waals surface area contributed by atoms with Crippen molar-refractivity contribution in [2.75, 3.05) is 32.8 Å². The maximum Gasteiger partial charge on any atom is 0.335 e. The zero-order valence-corrected chi connectivity index (χ0v) is 20.8. The lowest BCUT2D eigenvalue weighted by Crippen LogP contribution is -2.48. The van der Waals surface area contributed by atoms with Gasteiger partial charge in [-0.1, -0.05) is 23.7 Å². The Morgan fingerprint density at radius 3 is 2.49 bits per heavy atom. The fraction of sp³-hybridized carbons (Fsp3) is 0.464. The van der Waals surface area contributed by atoms with Gasteiger partial charge in [-0.2, -0.15) is 0 Å². The normalized spacial score (nSPS) is 20.5. The second-order valence-corrected chi connectivity index (χ2v) is 10.6. The van der Waals surface area contributed by atoms with Crippen LogP contribution in [-0.4, -0.2) is 69.4 Å². The van der Waals surface area contributed by atoms with E-state index in [1.165, 1.54) is 12.0 Å². The molecule has 6 nitrogen and oxygen atoms in total. The van der Waals surface area contributed by atoms with Gasteiger partial charge in [-0.25, -0.2) is 4.79 Å². The van der Waals surface area contributed by atoms with Crippen molar-refractivity contribution in [3.8, 4) is 0 Å². The number of piperidine rings is 2. The maximum atomic E-state index is 11.7. The molecule has 7 heteroatoms. The van der Waals surface area contributed by atoms with Gasteiger partial charge in [0.05, 0.1) is 5.56 Å². The molecule has 2 saturated heterocycles. The van der Waals surface area contributed by atoms with Crippen molar-refractivity contribution in [1.82, 2.24) is 14.4 Å². The number of hydrogen-bond donors (Lipinski definition) is 2. The number of likely N-dealkylation sites (tertiary alicyclic amines) is 2. The van der Waals surface area contributed by atoms with Crippen molar-refractivity contribution in [2.24, 2.45) is 5.92 Å². The summed E-state index contributed by atoms with van der Waals surface area (Å²) >= 11 is 6.06. The van der Waals surface area contributed by atoms with E-state index in [-0.39, 0.29) is 0 Å². The molecule has 1 aromatic heterocycles. The van der Waals surface area contributed by atoms with E-state index in [0.717, 1.165) is 73.5 Å². The van der Waals surface area contributed by atoms with Crippen LogP contribution in [0.2, 0.25) is 5.02 Å². The highest BCUT2D eigenvalue weighted by atomic mass is 35.5. The van der Waals surface area contributed by atoms with Crippen molar-refractivity contribution in [3.63, 3.8) is 0 Å². The van der Waals surface area contributed by atoms with Crippen LogP contribution in [0.3, 0.4) is 0 Å². The summed E-state index contributed by atoms with van der Waals surface area (Å²) in [6, 6.07) is 13.9. The number of carbonyl (C=O) groups is 1. The number of aliphatic hydroxyl groups excluding tert-OH is 1. The van der Waals surface area contributed by atoms with E-state index >= 15 is 0 Å². The van der Waals surface area contributed by atoms with E-state index in [9.17, 15) is 15.0 Å². The number of halogens is 1. The third-order valence-electron chi connectivity index (χ3n) is 7.75. The summed E-state index contributed by atoms with van der Waals surface area (Å²) in [4.78, 5) is 16.8. The molecule has 2 fully saturated rings. The lowest BCUT2D eigenvalue weighted by atomic mass is 9.94. The zero-order valence-electron chi connectivity index (χ0n) is 20.1. The quantitative estimate of drug-likeness (QED) is 0.497. The first-order valence-electron chi connectivity index (χ1n) is 12.7. The molecule has 1 unspecified atom stereocenters. The number of nitrogens with zero attached hydrogens (tertiary/aromatic N) is 3. The molecule has 0 aliphatic carbocycles. The van der Waals surface area contributed by atoms with E-state index in [1.54, 1.807) is 6.07 Å².